The summed E-state index contributed by atoms with van der Waals surface area (Å²) < 4.78 is 27.7. The van der Waals surface area contributed by atoms with Gasteiger partial charge in [-0.3, -0.25) is 4.79 Å². The van der Waals surface area contributed by atoms with Gasteiger partial charge in [0, 0.05) is 16.9 Å². The number of hydrogen-bond donors (Lipinski definition) is 0. The number of halogens is 3. The van der Waals surface area contributed by atoms with Gasteiger partial charge in [0.05, 0.1) is 17.2 Å². The molecule has 0 aliphatic heterocycles. The molecule has 1 aromatic carbocycles. The third-order valence-electron chi connectivity index (χ3n) is 2.63. The third-order valence-corrected chi connectivity index (χ3v) is 3.91. The average Bonchev–Trinajstić information content (AvgIpc) is 2.73. The Morgan fingerprint density at radius 2 is 2.00 bits per heavy atom. The van der Waals surface area contributed by atoms with Crippen LogP contribution < -0.4 is 0 Å². The number of aryl methyl sites for hydroxylation is 1. The maximum Gasteiger partial charge on any atom is 0.259 e. The van der Waals surface area contributed by atoms with Gasteiger partial charge in [0.2, 0.25) is 0 Å². The summed E-state index contributed by atoms with van der Waals surface area (Å²) in [5.41, 5.74) is 0.143. The molecule has 0 N–H and O–H groups in total. The summed E-state index contributed by atoms with van der Waals surface area (Å²) in [7, 11) is 1.48. The topological polar surface area (TPSA) is 33.2 Å². The van der Waals surface area contributed by atoms with Gasteiger partial charge in [-0.1, -0.05) is 15.9 Å². The van der Waals surface area contributed by atoms with Gasteiger partial charge in [0.1, 0.15) is 17.2 Å². The van der Waals surface area contributed by atoms with Crippen LogP contribution in [-0.4, -0.2) is 22.8 Å². The van der Waals surface area contributed by atoms with E-state index in [2.05, 4.69) is 20.9 Å². The third kappa shape index (κ3) is 3.21. The van der Waals surface area contributed by atoms with Crippen molar-refractivity contribution in [2.75, 3.05) is 7.05 Å². The molecule has 20 heavy (non-hydrogen) atoms. The van der Waals surface area contributed by atoms with Crippen LogP contribution in [0.4, 0.5) is 8.78 Å². The smallest absolute Gasteiger partial charge is 0.259 e. The van der Waals surface area contributed by atoms with Crippen LogP contribution in [0.1, 0.15) is 21.1 Å². The zero-order valence-corrected chi connectivity index (χ0v) is 13.2. The number of aromatic nitrogens is 1. The van der Waals surface area contributed by atoms with Crippen molar-refractivity contribution in [1.29, 1.82) is 0 Å². The minimum absolute atomic E-state index is 0.206. The van der Waals surface area contributed by atoms with Crippen LogP contribution in [0.5, 0.6) is 0 Å². The Labute approximate surface area is 127 Å². The fourth-order valence-electron chi connectivity index (χ4n) is 1.73. The molecule has 0 bridgehead atoms. The minimum Gasteiger partial charge on any atom is -0.336 e. The largest absolute Gasteiger partial charge is 0.336 e. The van der Waals surface area contributed by atoms with Crippen LogP contribution >= 0.6 is 27.3 Å². The summed E-state index contributed by atoms with van der Waals surface area (Å²) in [5, 5.41) is 2.69. The Balaban J connectivity index is 2.23. The Hall–Kier alpha value is -1.34. The first-order valence-electron chi connectivity index (χ1n) is 5.69. The lowest BCUT2D eigenvalue weighted by molar-refractivity contribution is 0.0774. The zero-order chi connectivity index (χ0) is 14.9. The van der Waals surface area contributed by atoms with E-state index in [0.29, 0.717) is 5.69 Å². The van der Waals surface area contributed by atoms with Gasteiger partial charge >= 0.3 is 0 Å². The number of amides is 1. The molecule has 0 aliphatic carbocycles. The number of thiazole rings is 1. The zero-order valence-electron chi connectivity index (χ0n) is 10.8. The highest BCUT2D eigenvalue weighted by atomic mass is 79.9. The van der Waals surface area contributed by atoms with Crippen LogP contribution in [0.25, 0.3) is 0 Å². The number of carbonyl (C=O) groups is 1. The Bertz CT molecular complexity index is 637. The molecule has 0 fully saturated rings. The molecule has 2 rings (SSSR count). The molecule has 0 saturated carbocycles. The van der Waals surface area contributed by atoms with Gasteiger partial charge in [0.15, 0.2) is 0 Å². The van der Waals surface area contributed by atoms with Crippen molar-refractivity contribution in [1.82, 2.24) is 9.88 Å². The predicted octanol–water partition coefficient (Wildman–Crippen LogP) is 3.76. The predicted molar refractivity (Wildman–Crippen MR) is 76.7 cm³/mol. The van der Waals surface area contributed by atoms with E-state index in [0.717, 1.165) is 17.1 Å². The van der Waals surface area contributed by atoms with Crippen LogP contribution in [0, 0.1) is 18.6 Å². The average molecular weight is 361 g/mol. The van der Waals surface area contributed by atoms with E-state index in [-0.39, 0.29) is 11.0 Å². The fourth-order valence-corrected chi connectivity index (χ4v) is 2.74. The molecular weight excluding hydrogens is 350 g/mol. The molecule has 0 aliphatic rings. The van der Waals surface area contributed by atoms with Crippen LogP contribution in [-0.2, 0) is 6.54 Å². The van der Waals surface area contributed by atoms with Crippen molar-refractivity contribution < 1.29 is 13.6 Å². The maximum atomic E-state index is 13.7. The Kier molecular flexibility index (Phi) is 4.49. The minimum atomic E-state index is -0.886. The Morgan fingerprint density at radius 3 is 2.50 bits per heavy atom. The summed E-state index contributed by atoms with van der Waals surface area (Å²) in [6.45, 7) is 2.06. The van der Waals surface area contributed by atoms with Gasteiger partial charge in [0.25, 0.3) is 5.91 Å². The lowest BCUT2D eigenvalue weighted by atomic mass is 10.1. The Morgan fingerprint density at radius 1 is 1.40 bits per heavy atom. The number of rotatable bonds is 3. The number of benzene rings is 1. The lowest BCUT2D eigenvalue weighted by Gasteiger charge is -2.17. The van der Waals surface area contributed by atoms with Gasteiger partial charge < -0.3 is 4.90 Å². The highest BCUT2D eigenvalue weighted by Crippen LogP contribution is 2.21. The van der Waals surface area contributed by atoms with Gasteiger partial charge in [-0.05, 0) is 19.1 Å². The summed E-state index contributed by atoms with van der Waals surface area (Å²) in [6.07, 6.45) is 0. The molecular formula is C13H11BrF2N2OS. The SMILES string of the molecule is Cc1nc(CN(C)C(=O)c2c(F)cc(Br)cc2F)cs1. The van der Waals surface area contributed by atoms with Crippen LogP contribution in [0.2, 0.25) is 0 Å². The lowest BCUT2D eigenvalue weighted by Crippen LogP contribution is -2.28. The molecule has 1 aromatic heterocycles. The molecule has 106 valence electrons. The first-order chi connectivity index (χ1) is 9.38. The molecule has 1 amide bonds. The van der Waals surface area contributed by atoms with Crippen molar-refractivity contribution in [3.8, 4) is 0 Å². The molecule has 3 nitrogen and oxygen atoms in total. The fraction of sp³-hybridized carbons (Fsp3) is 0.231. The number of carbonyl (C=O) groups excluding carboxylic acids is 1. The standard InChI is InChI=1S/C13H11BrF2N2OS/c1-7-17-9(6-20-7)5-18(2)13(19)12-10(15)3-8(14)4-11(12)16/h3-4,6H,5H2,1-2H3. The van der Waals surface area contributed by atoms with Gasteiger partial charge in [-0.15, -0.1) is 11.3 Å². The highest BCUT2D eigenvalue weighted by Gasteiger charge is 2.22. The van der Waals surface area contributed by atoms with Gasteiger partial charge in [-0.25, -0.2) is 13.8 Å². The number of hydrogen-bond acceptors (Lipinski definition) is 3. The van der Waals surface area contributed by atoms with Crippen molar-refractivity contribution >= 4 is 33.2 Å². The number of nitrogens with zero attached hydrogens (tertiary/aromatic N) is 2. The molecule has 0 atom stereocenters. The summed E-state index contributed by atoms with van der Waals surface area (Å²) in [5.74, 6) is -2.48. The molecule has 0 unspecified atom stereocenters. The first-order valence-corrected chi connectivity index (χ1v) is 7.36. The molecule has 7 heteroatoms. The second-order valence-electron chi connectivity index (χ2n) is 4.26. The monoisotopic (exact) mass is 360 g/mol. The van der Waals surface area contributed by atoms with Crippen LogP contribution in [0.3, 0.4) is 0 Å². The molecule has 0 spiro atoms. The first kappa shape index (κ1) is 15.1. The normalized spacial score (nSPS) is 10.7. The van der Waals surface area contributed by atoms with Crippen molar-refractivity contribution in [3.63, 3.8) is 0 Å². The van der Waals surface area contributed by atoms with Gasteiger partial charge in [-0.2, -0.15) is 0 Å². The molecule has 0 saturated heterocycles. The van der Waals surface area contributed by atoms with Crippen molar-refractivity contribution in [2.24, 2.45) is 0 Å². The maximum absolute atomic E-state index is 13.7. The second kappa shape index (κ2) is 5.97. The van der Waals surface area contributed by atoms with E-state index in [4.69, 9.17) is 0 Å². The van der Waals surface area contributed by atoms with Crippen molar-refractivity contribution in [3.05, 3.63) is 49.9 Å². The summed E-state index contributed by atoms with van der Waals surface area (Å²) >= 11 is 4.44. The molecule has 0 radical (unpaired) electrons. The molecule has 2 aromatic rings. The summed E-state index contributed by atoms with van der Waals surface area (Å²) in [4.78, 5) is 17.6. The summed E-state index contributed by atoms with van der Waals surface area (Å²) in [6, 6.07) is 2.13. The van der Waals surface area contributed by atoms with Crippen molar-refractivity contribution in [2.45, 2.75) is 13.5 Å². The second-order valence-corrected chi connectivity index (χ2v) is 6.24. The van der Waals surface area contributed by atoms with E-state index >= 15 is 0 Å². The van der Waals surface area contributed by atoms with E-state index < -0.39 is 23.1 Å². The van der Waals surface area contributed by atoms with E-state index in [1.807, 2.05) is 12.3 Å². The molecule has 1 heterocycles. The van der Waals surface area contributed by atoms with E-state index in [1.54, 1.807) is 0 Å². The highest BCUT2D eigenvalue weighted by molar-refractivity contribution is 9.10. The van der Waals surface area contributed by atoms with Crippen LogP contribution in [0.15, 0.2) is 22.0 Å². The van der Waals surface area contributed by atoms with E-state index in [1.165, 1.54) is 23.3 Å². The quantitative estimate of drug-likeness (QED) is 0.834. The van der Waals surface area contributed by atoms with E-state index in [9.17, 15) is 13.6 Å².